The number of fused-ring (bicyclic) bond motifs is 2. The zero-order valence-corrected chi connectivity index (χ0v) is 16.6. The van der Waals surface area contributed by atoms with Crippen LogP contribution in [0.4, 0.5) is 0 Å². The van der Waals surface area contributed by atoms with Crippen molar-refractivity contribution < 1.29 is 9.53 Å². The maximum atomic E-state index is 12.6. The first-order valence-corrected chi connectivity index (χ1v) is 10.1. The summed E-state index contributed by atoms with van der Waals surface area (Å²) >= 11 is 5.96. The van der Waals surface area contributed by atoms with Crippen molar-refractivity contribution in [3.05, 3.63) is 46.7 Å². The van der Waals surface area contributed by atoms with Crippen LogP contribution in [0.5, 0.6) is 5.75 Å². The standard InChI is InChI=1S/C21H26ClN3O2/c1-13-9-17(22)5-6-20(13)27-12-25-8-7-19(24-25)21(26)23-14(2)18-11-15-3-4-16(18)10-15/h5-9,14-16,18H,3-4,10-12H2,1-2H3,(H,23,26). The highest BCUT2D eigenvalue weighted by molar-refractivity contribution is 6.30. The van der Waals surface area contributed by atoms with E-state index in [1.807, 2.05) is 19.1 Å². The summed E-state index contributed by atoms with van der Waals surface area (Å²) in [5, 5.41) is 8.19. The molecule has 4 rings (SSSR count). The summed E-state index contributed by atoms with van der Waals surface area (Å²) in [5.41, 5.74) is 1.40. The highest BCUT2D eigenvalue weighted by Crippen LogP contribution is 2.49. The predicted molar refractivity (Wildman–Crippen MR) is 105 cm³/mol. The molecule has 27 heavy (non-hydrogen) atoms. The minimum atomic E-state index is -0.105. The van der Waals surface area contributed by atoms with Gasteiger partial charge in [-0.2, -0.15) is 5.10 Å². The second-order valence-corrected chi connectivity index (χ2v) is 8.46. The number of carbonyl (C=O) groups is 1. The van der Waals surface area contributed by atoms with Crippen molar-refractivity contribution in [2.45, 2.75) is 52.3 Å². The van der Waals surface area contributed by atoms with Gasteiger partial charge in [0.15, 0.2) is 6.73 Å². The van der Waals surface area contributed by atoms with E-state index in [1.54, 1.807) is 23.0 Å². The van der Waals surface area contributed by atoms with Gasteiger partial charge in [-0.25, -0.2) is 4.68 Å². The summed E-state index contributed by atoms with van der Waals surface area (Å²) in [6.45, 7) is 4.32. The van der Waals surface area contributed by atoms with E-state index in [1.165, 1.54) is 25.7 Å². The van der Waals surface area contributed by atoms with Gasteiger partial charge in [0, 0.05) is 17.3 Å². The average Bonchev–Trinajstić information content (AvgIpc) is 3.37. The Morgan fingerprint density at radius 3 is 2.93 bits per heavy atom. The maximum absolute atomic E-state index is 12.6. The van der Waals surface area contributed by atoms with Crippen LogP contribution < -0.4 is 10.1 Å². The van der Waals surface area contributed by atoms with Crippen molar-refractivity contribution in [2.24, 2.45) is 17.8 Å². The molecule has 1 N–H and O–H groups in total. The van der Waals surface area contributed by atoms with Gasteiger partial charge < -0.3 is 10.1 Å². The Hall–Kier alpha value is -2.01. The number of ether oxygens (including phenoxy) is 1. The molecule has 1 aromatic carbocycles. The molecule has 1 heterocycles. The van der Waals surface area contributed by atoms with Gasteiger partial charge in [-0.05, 0) is 80.7 Å². The normalized spacial score (nSPS) is 24.8. The fraction of sp³-hybridized carbons (Fsp3) is 0.524. The monoisotopic (exact) mass is 387 g/mol. The Kier molecular flexibility index (Phi) is 5.13. The van der Waals surface area contributed by atoms with Crippen molar-refractivity contribution in [3.63, 3.8) is 0 Å². The Morgan fingerprint density at radius 1 is 1.37 bits per heavy atom. The second kappa shape index (κ2) is 7.55. The maximum Gasteiger partial charge on any atom is 0.271 e. The van der Waals surface area contributed by atoms with Gasteiger partial charge in [-0.1, -0.05) is 18.0 Å². The number of hydrogen-bond donors (Lipinski definition) is 1. The first-order chi connectivity index (χ1) is 13.0. The van der Waals surface area contributed by atoms with Crippen molar-refractivity contribution in [1.29, 1.82) is 0 Å². The quantitative estimate of drug-likeness (QED) is 0.797. The molecule has 2 aliphatic rings. The largest absolute Gasteiger partial charge is 0.471 e. The van der Waals surface area contributed by atoms with Crippen LogP contribution in [0.1, 0.15) is 48.7 Å². The third-order valence-corrected chi connectivity index (χ3v) is 6.39. The van der Waals surface area contributed by atoms with Crippen LogP contribution in [-0.2, 0) is 6.73 Å². The number of carbonyl (C=O) groups excluding carboxylic acids is 1. The van der Waals surface area contributed by atoms with Crippen LogP contribution in [0.25, 0.3) is 0 Å². The van der Waals surface area contributed by atoms with E-state index >= 15 is 0 Å². The van der Waals surface area contributed by atoms with Crippen LogP contribution in [0.2, 0.25) is 5.02 Å². The number of rotatable bonds is 6. The van der Waals surface area contributed by atoms with Gasteiger partial charge in [0.05, 0.1) is 0 Å². The first kappa shape index (κ1) is 18.4. The molecule has 2 aromatic rings. The molecule has 2 bridgehead atoms. The topological polar surface area (TPSA) is 56.1 Å². The second-order valence-electron chi connectivity index (χ2n) is 8.02. The Balaban J connectivity index is 1.32. The number of halogens is 1. The third-order valence-electron chi connectivity index (χ3n) is 6.16. The highest BCUT2D eigenvalue weighted by atomic mass is 35.5. The molecule has 0 radical (unpaired) electrons. The molecule has 2 saturated carbocycles. The lowest BCUT2D eigenvalue weighted by Crippen LogP contribution is -2.40. The van der Waals surface area contributed by atoms with Gasteiger partial charge in [-0.3, -0.25) is 4.79 Å². The van der Waals surface area contributed by atoms with E-state index in [4.69, 9.17) is 16.3 Å². The zero-order valence-electron chi connectivity index (χ0n) is 15.8. The molecule has 144 valence electrons. The fourth-order valence-electron chi connectivity index (χ4n) is 4.76. The van der Waals surface area contributed by atoms with Gasteiger partial charge in [0.2, 0.25) is 0 Å². The van der Waals surface area contributed by atoms with Gasteiger partial charge in [0.1, 0.15) is 11.4 Å². The van der Waals surface area contributed by atoms with Gasteiger partial charge in [-0.15, -0.1) is 0 Å². The lowest BCUT2D eigenvalue weighted by molar-refractivity contribution is 0.0908. The summed E-state index contributed by atoms with van der Waals surface area (Å²) < 4.78 is 7.41. The summed E-state index contributed by atoms with van der Waals surface area (Å²) in [7, 11) is 0. The van der Waals surface area contributed by atoms with E-state index < -0.39 is 0 Å². The molecule has 1 aromatic heterocycles. The van der Waals surface area contributed by atoms with Crippen LogP contribution in [-0.4, -0.2) is 21.7 Å². The van der Waals surface area contributed by atoms with E-state index in [-0.39, 0.29) is 18.7 Å². The number of benzene rings is 1. The Morgan fingerprint density at radius 2 is 2.22 bits per heavy atom. The number of hydrogen-bond acceptors (Lipinski definition) is 3. The number of amides is 1. The molecule has 4 atom stereocenters. The number of aromatic nitrogens is 2. The summed E-state index contributed by atoms with van der Waals surface area (Å²) in [6, 6.07) is 7.43. The molecule has 2 fully saturated rings. The first-order valence-electron chi connectivity index (χ1n) is 9.73. The molecule has 4 unspecified atom stereocenters. The lowest BCUT2D eigenvalue weighted by Gasteiger charge is -2.28. The fourth-order valence-corrected chi connectivity index (χ4v) is 4.99. The Labute approximate surface area is 165 Å². The zero-order chi connectivity index (χ0) is 19.0. The van der Waals surface area contributed by atoms with E-state index in [2.05, 4.69) is 17.3 Å². The molecule has 0 aliphatic heterocycles. The van der Waals surface area contributed by atoms with Crippen molar-refractivity contribution in [1.82, 2.24) is 15.1 Å². The highest BCUT2D eigenvalue weighted by Gasteiger charge is 2.42. The minimum absolute atomic E-state index is 0.105. The summed E-state index contributed by atoms with van der Waals surface area (Å²) in [6.07, 6.45) is 7.07. The summed E-state index contributed by atoms with van der Waals surface area (Å²) in [5.74, 6) is 2.94. The van der Waals surface area contributed by atoms with Crippen LogP contribution >= 0.6 is 11.6 Å². The smallest absolute Gasteiger partial charge is 0.271 e. The number of nitrogens with zero attached hydrogens (tertiary/aromatic N) is 2. The SMILES string of the molecule is Cc1cc(Cl)ccc1OCn1ccc(C(=O)NC(C)C2CC3CCC2C3)n1. The third kappa shape index (κ3) is 3.98. The summed E-state index contributed by atoms with van der Waals surface area (Å²) in [4.78, 5) is 12.6. The molecule has 1 amide bonds. The van der Waals surface area contributed by atoms with E-state index in [0.717, 1.165) is 23.1 Å². The van der Waals surface area contributed by atoms with Crippen LogP contribution in [0.3, 0.4) is 0 Å². The molecule has 6 heteroatoms. The molecular weight excluding hydrogens is 362 g/mol. The molecule has 2 aliphatic carbocycles. The predicted octanol–water partition coefficient (Wildman–Crippen LogP) is 4.44. The Bertz CT molecular complexity index is 835. The minimum Gasteiger partial charge on any atom is -0.471 e. The lowest BCUT2D eigenvalue weighted by atomic mass is 9.84. The van der Waals surface area contributed by atoms with Gasteiger partial charge in [0.25, 0.3) is 5.91 Å². The molecule has 0 spiro atoms. The number of nitrogens with one attached hydrogen (secondary N) is 1. The molecular formula is C21H26ClN3O2. The van der Waals surface area contributed by atoms with Crippen LogP contribution in [0.15, 0.2) is 30.5 Å². The van der Waals surface area contributed by atoms with Crippen molar-refractivity contribution in [3.8, 4) is 5.75 Å². The van der Waals surface area contributed by atoms with E-state index in [0.29, 0.717) is 16.6 Å². The molecule has 5 nitrogen and oxygen atoms in total. The van der Waals surface area contributed by atoms with Gasteiger partial charge >= 0.3 is 0 Å². The van der Waals surface area contributed by atoms with Crippen molar-refractivity contribution in [2.75, 3.05) is 0 Å². The van der Waals surface area contributed by atoms with E-state index in [9.17, 15) is 4.79 Å². The van der Waals surface area contributed by atoms with Crippen LogP contribution in [0, 0.1) is 24.7 Å². The average molecular weight is 388 g/mol. The number of aryl methyl sites for hydroxylation is 1. The molecule has 0 saturated heterocycles. The van der Waals surface area contributed by atoms with Crippen molar-refractivity contribution >= 4 is 17.5 Å².